The number of hydrogen-bond acceptors (Lipinski definition) is 5. The Morgan fingerprint density at radius 1 is 1.03 bits per heavy atom. The van der Waals surface area contributed by atoms with Crippen molar-refractivity contribution >= 4 is 45.8 Å². The fraction of sp³-hybridized carbons (Fsp3) is 0.233. The molecule has 1 aliphatic rings. The molecule has 2 heterocycles. The van der Waals surface area contributed by atoms with Crippen molar-refractivity contribution in [1.29, 1.82) is 0 Å². The summed E-state index contributed by atoms with van der Waals surface area (Å²) in [5.41, 5.74) is 5.05. The molecule has 0 aliphatic carbocycles. The number of benzene rings is 3. The molecule has 1 N–H and O–H groups in total. The third-order valence-corrected chi connectivity index (χ3v) is 7.36. The van der Waals surface area contributed by atoms with Crippen LogP contribution >= 0.6 is 23.2 Å². The van der Waals surface area contributed by atoms with Crippen LogP contribution in [-0.4, -0.2) is 34.5 Å². The number of oxime groups is 1. The monoisotopic (exact) mass is 548 g/mol. The zero-order chi connectivity index (χ0) is 27.0. The topological polar surface area (TPSA) is 81.0 Å². The molecule has 8 heteroatoms. The van der Waals surface area contributed by atoms with Gasteiger partial charge in [-0.2, -0.15) is 0 Å². The van der Waals surface area contributed by atoms with Crippen LogP contribution in [0.5, 0.6) is 5.75 Å². The molecule has 3 aromatic carbocycles. The van der Waals surface area contributed by atoms with Crippen LogP contribution in [-0.2, 0) is 4.84 Å². The number of nitrogens with zero attached hydrogens (tertiary/aromatic N) is 2. The molecule has 6 nitrogen and oxygen atoms in total. The standard InChI is InChI=1S/C30H26Cl2N2O4/c1-16(2)29-21(28(34-38-29)27-22(31)5-4-6-23(27)32)15-37-26-12-9-18(13-17(26)3)19-7-10-24-20(14-19)8-11-25(33-24)30(35)36/h4-14,16,21,29H,15H2,1-3H3,(H,35,36). The Hall–Kier alpha value is -3.61. The first kappa shape index (κ1) is 26.0. The molecule has 1 aromatic heterocycles. The van der Waals surface area contributed by atoms with Gasteiger partial charge in [0.05, 0.1) is 21.5 Å². The summed E-state index contributed by atoms with van der Waals surface area (Å²) in [7, 11) is 0. The molecular formula is C30H26Cl2N2O4. The van der Waals surface area contributed by atoms with Gasteiger partial charge in [0.1, 0.15) is 29.9 Å². The predicted octanol–water partition coefficient (Wildman–Crippen LogP) is 7.67. The summed E-state index contributed by atoms with van der Waals surface area (Å²) in [5, 5.41) is 15.5. The molecule has 0 saturated carbocycles. The van der Waals surface area contributed by atoms with E-state index in [1.165, 1.54) is 6.07 Å². The lowest BCUT2D eigenvalue weighted by Gasteiger charge is -2.23. The number of halogens is 2. The zero-order valence-corrected chi connectivity index (χ0v) is 22.6. The van der Waals surface area contributed by atoms with Crippen molar-refractivity contribution in [2.24, 2.45) is 17.0 Å². The van der Waals surface area contributed by atoms with Gasteiger partial charge in [0.15, 0.2) is 0 Å². The van der Waals surface area contributed by atoms with Crippen molar-refractivity contribution in [1.82, 2.24) is 4.98 Å². The molecule has 0 radical (unpaired) electrons. The van der Waals surface area contributed by atoms with Crippen molar-refractivity contribution < 1.29 is 19.5 Å². The van der Waals surface area contributed by atoms with Crippen LogP contribution in [0, 0.1) is 18.8 Å². The highest BCUT2D eigenvalue weighted by atomic mass is 35.5. The van der Waals surface area contributed by atoms with Gasteiger partial charge in [-0.15, -0.1) is 0 Å². The van der Waals surface area contributed by atoms with E-state index in [0.29, 0.717) is 33.4 Å². The molecule has 0 fully saturated rings. The van der Waals surface area contributed by atoms with E-state index in [0.717, 1.165) is 27.8 Å². The second kappa shape index (κ2) is 10.6. The quantitative estimate of drug-likeness (QED) is 0.256. The molecule has 5 rings (SSSR count). The highest BCUT2D eigenvalue weighted by Gasteiger charge is 2.39. The van der Waals surface area contributed by atoms with Gasteiger partial charge in [0, 0.05) is 10.9 Å². The van der Waals surface area contributed by atoms with Gasteiger partial charge in [0.2, 0.25) is 0 Å². The summed E-state index contributed by atoms with van der Waals surface area (Å²) in [6.07, 6.45) is -0.162. The minimum absolute atomic E-state index is 0.0278. The molecule has 0 spiro atoms. The average Bonchev–Trinajstić information content (AvgIpc) is 3.31. The van der Waals surface area contributed by atoms with E-state index in [2.05, 4.69) is 30.1 Å². The lowest BCUT2D eigenvalue weighted by Crippen LogP contribution is -2.33. The largest absolute Gasteiger partial charge is 0.492 e. The van der Waals surface area contributed by atoms with Crippen molar-refractivity contribution in [3.05, 3.63) is 93.6 Å². The highest BCUT2D eigenvalue weighted by Crippen LogP contribution is 2.35. The maximum absolute atomic E-state index is 11.2. The fourth-order valence-corrected chi connectivity index (χ4v) is 5.33. The van der Waals surface area contributed by atoms with Gasteiger partial charge in [-0.1, -0.05) is 66.5 Å². The first-order valence-electron chi connectivity index (χ1n) is 12.3. The number of ether oxygens (including phenoxy) is 1. The molecule has 0 bridgehead atoms. The van der Waals surface area contributed by atoms with Crippen LogP contribution in [0.3, 0.4) is 0 Å². The van der Waals surface area contributed by atoms with Crippen molar-refractivity contribution in [2.75, 3.05) is 6.61 Å². The Morgan fingerprint density at radius 2 is 1.74 bits per heavy atom. The van der Waals surface area contributed by atoms with Crippen LogP contribution in [0.1, 0.15) is 35.5 Å². The van der Waals surface area contributed by atoms with Gasteiger partial charge in [-0.25, -0.2) is 9.78 Å². The maximum Gasteiger partial charge on any atom is 0.354 e. The Bertz CT molecular complexity index is 1550. The van der Waals surface area contributed by atoms with Crippen LogP contribution in [0.4, 0.5) is 0 Å². The number of aromatic nitrogens is 1. The van der Waals surface area contributed by atoms with E-state index in [9.17, 15) is 9.90 Å². The molecule has 38 heavy (non-hydrogen) atoms. The van der Waals surface area contributed by atoms with Crippen LogP contribution in [0.15, 0.2) is 71.9 Å². The van der Waals surface area contributed by atoms with Crippen molar-refractivity contribution in [3.63, 3.8) is 0 Å². The van der Waals surface area contributed by atoms with Crippen LogP contribution < -0.4 is 4.74 Å². The summed E-state index contributed by atoms with van der Waals surface area (Å²) in [4.78, 5) is 21.2. The number of pyridine rings is 1. The van der Waals surface area contributed by atoms with Crippen molar-refractivity contribution in [2.45, 2.75) is 26.9 Å². The summed E-state index contributed by atoms with van der Waals surface area (Å²) < 4.78 is 6.32. The van der Waals surface area contributed by atoms with E-state index in [-0.39, 0.29) is 23.6 Å². The molecule has 4 aromatic rings. The smallest absolute Gasteiger partial charge is 0.354 e. The van der Waals surface area contributed by atoms with Crippen molar-refractivity contribution in [3.8, 4) is 16.9 Å². The minimum Gasteiger partial charge on any atom is -0.492 e. The van der Waals surface area contributed by atoms with Crippen LogP contribution in [0.25, 0.3) is 22.0 Å². The second-order valence-electron chi connectivity index (χ2n) is 9.69. The number of aromatic carboxylic acids is 1. The normalized spacial score (nSPS) is 16.9. The molecule has 194 valence electrons. The molecule has 1 aliphatic heterocycles. The average molecular weight is 549 g/mol. The lowest BCUT2D eigenvalue weighted by atomic mass is 9.87. The van der Waals surface area contributed by atoms with E-state index in [1.54, 1.807) is 24.3 Å². The van der Waals surface area contributed by atoms with E-state index >= 15 is 0 Å². The van der Waals surface area contributed by atoms with E-state index in [4.69, 9.17) is 32.8 Å². The van der Waals surface area contributed by atoms with Crippen LogP contribution in [0.2, 0.25) is 10.0 Å². The van der Waals surface area contributed by atoms with Gasteiger partial charge in [0.25, 0.3) is 0 Å². The molecule has 0 amide bonds. The third kappa shape index (κ3) is 5.06. The van der Waals surface area contributed by atoms with Gasteiger partial charge in [-0.05, 0) is 72.0 Å². The summed E-state index contributed by atoms with van der Waals surface area (Å²) in [6, 6.07) is 20.5. The van der Waals surface area contributed by atoms with Gasteiger partial charge < -0.3 is 14.7 Å². The third-order valence-electron chi connectivity index (χ3n) is 6.73. The van der Waals surface area contributed by atoms with Gasteiger partial charge in [-0.3, -0.25) is 0 Å². The number of hydrogen-bond donors (Lipinski definition) is 1. The van der Waals surface area contributed by atoms with Gasteiger partial charge >= 0.3 is 5.97 Å². The zero-order valence-electron chi connectivity index (χ0n) is 21.1. The summed E-state index contributed by atoms with van der Waals surface area (Å²) >= 11 is 13.0. The highest BCUT2D eigenvalue weighted by molar-refractivity contribution is 6.40. The van der Waals surface area contributed by atoms with E-state index in [1.807, 2.05) is 37.3 Å². The number of fused-ring (bicyclic) bond motifs is 1. The second-order valence-corrected chi connectivity index (χ2v) is 10.5. The fourth-order valence-electron chi connectivity index (χ4n) is 4.74. The Labute approximate surface area is 230 Å². The maximum atomic E-state index is 11.2. The minimum atomic E-state index is -1.04. The number of carboxylic acids is 1. The summed E-state index contributed by atoms with van der Waals surface area (Å²) in [5.74, 6) is -0.209. The molecular weight excluding hydrogens is 523 g/mol. The first-order valence-corrected chi connectivity index (χ1v) is 13.0. The number of carbonyl (C=O) groups is 1. The Balaban J connectivity index is 1.37. The predicted molar refractivity (Wildman–Crippen MR) is 151 cm³/mol. The Kier molecular flexibility index (Phi) is 7.28. The molecule has 2 unspecified atom stereocenters. The SMILES string of the molecule is Cc1cc(-c2ccc3nc(C(=O)O)ccc3c2)ccc1OCC1C(c2c(Cl)cccc2Cl)=NOC1C(C)C. The number of carboxylic acid groups (broad SMARTS) is 1. The first-order chi connectivity index (χ1) is 18.2. The molecule has 2 atom stereocenters. The number of rotatable bonds is 7. The Morgan fingerprint density at radius 3 is 2.42 bits per heavy atom. The molecule has 0 saturated heterocycles. The number of aryl methyl sites for hydroxylation is 1. The summed E-state index contributed by atoms with van der Waals surface area (Å²) in [6.45, 7) is 6.54. The lowest BCUT2D eigenvalue weighted by molar-refractivity contribution is 0.0177. The van der Waals surface area contributed by atoms with E-state index < -0.39 is 5.97 Å².